The van der Waals surface area contributed by atoms with E-state index in [4.69, 9.17) is 14.2 Å². The number of rotatable bonds is 6. The number of nitrogens with zero attached hydrogens (tertiary/aromatic N) is 2. The van der Waals surface area contributed by atoms with Gasteiger partial charge in [-0.25, -0.2) is 4.79 Å². The van der Waals surface area contributed by atoms with E-state index in [0.29, 0.717) is 6.54 Å². The maximum Gasteiger partial charge on any atom is 0.345 e. The number of likely N-dealkylation sites (tertiary alicyclic amines) is 1. The van der Waals surface area contributed by atoms with Crippen molar-refractivity contribution >= 4 is 17.6 Å². The number of carbonyl (C=O) groups is 2. The number of esters is 1. The number of nitro groups is 1. The Kier molecular flexibility index (Phi) is 6.37. The molecule has 2 rings (SSSR count). The molecule has 9 nitrogen and oxygen atoms in total. The van der Waals surface area contributed by atoms with E-state index in [-0.39, 0.29) is 29.0 Å². The zero-order valence-corrected chi connectivity index (χ0v) is 15.0. The third kappa shape index (κ3) is 4.22. The SMILES string of the molecule is COc1cc(C(=O)OCC(=O)N2CCCCC2C)c([N+](=O)[O-])cc1OC. The Balaban J connectivity index is 2.15. The van der Waals surface area contributed by atoms with Gasteiger partial charge in [0.25, 0.3) is 11.6 Å². The summed E-state index contributed by atoms with van der Waals surface area (Å²) in [6, 6.07) is 2.35. The Hall–Kier alpha value is -2.84. The first-order valence-corrected chi connectivity index (χ1v) is 8.26. The van der Waals surface area contributed by atoms with Crippen LogP contribution >= 0.6 is 0 Å². The number of hydrogen-bond acceptors (Lipinski definition) is 7. The highest BCUT2D eigenvalue weighted by molar-refractivity contribution is 5.96. The lowest BCUT2D eigenvalue weighted by atomic mass is 10.0. The molecule has 0 saturated carbocycles. The second kappa shape index (κ2) is 8.50. The first-order valence-electron chi connectivity index (χ1n) is 8.26. The minimum atomic E-state index is -0.962. The molecular weight excluding hydrogens is 344 g/mol. The second-order valence-corrected chi connectivity index (χ2v) is 5.99. The molecule has 0 bridgehead atoms. The Bertz CT molecular complexity index is 705. The van der Waals surface area contributed by atoms with Gasteiger partial charge in [-0.1, -0.05) is 0 Å². The maximum atomic E-state index is 12.3. The molecule has 1 heterocycles. The summed E-state index contributed by atoms with van der Waals surface area (Å²) in [7, 11) is 2.68. The molecule has 0 radical (unpaired) electrons. The normalized spacial score (nSPS) is 16.7. The summed E-state index contributed by atoms with van der Waals surface area (Å²) in [6.07, 6.45) is 2.87. The largest absolute Gasteiger partial charge is 0.493 e. The van der Waals surface area contributed by atoms with Crippen LogP contribution in [0.5, 0.6) is 11.5 Å². The number of nitro benzene ring substituents is 1. The molecule has 0 aliphatic carbocycles. The monoisotopic (exact) mass is 366 g/mol. The van der Waals surface area contributed by atoms with Crippen molar-refractivity contribution in [1.82, 2.24) is 4.90 Å². The summed E-state index contributed by atoms with van der Waals surface area (Å²) in [5.41, 5.74) is -0.779. The van der Waals surface area contributed by atoms with Gasteiger partial charge in [-0.05, 0) is 26.2 Å². The molecule has 1 saturated heterocycles. The third-order valence-corrected chi connectivity index (χ3v) is 4.37. The van der Waals surface area contributed by atoms with E-state index in [1.54, 1.807) is 4.90 Å². The van der Waals surface area contributed by atoms with Crippen molar-refractivity contribution in [3.63, 3.8) is 0 Å². The van der Waals surface area contributed by atoms with Crippen molar-refractivity contribution in [3.8, 4) is 11.5 Å². The van der Waals surface area contributed by atoms with Crippen LogP contribution in [-0.4, -0.2) is 55.1 Å². The first-order chi connectivity index (χ1) is 12.4. The minimum absolute atomic E-state index is 0.0883. The van der Waals surface area contributed by atoms with Crippen LogP contribution in [0.1, 0.15) is 36.5 Å². The summed E-state index contributed by atoms with van der Waals surface area (Å²) < 4.78 is 15.1. The molecule has 9 heteroatoms. The number of benzene rings is 1. The van der Waals surface area contributed by atoms with Crippen molar-refractivity contribution in [2.75, 3.05) is 27.4 Å². The fourth-order valence-corrected chi connectivity index (χ4v) is 2.94. The minimum Gasteiger partial charge on any atom is -0.493 e. The van der Waals surface area contributed by atoms with Crippen LogP contribution in [0.25, 0.3) is 0 Å². The van der Waals surface area contributed by atoms with E-state index < -0.39 is 23.2 Å². The zero-order chi connectivity index (χ0) is 19.3. The highest BCUT2D eigenvalue weighted by atomic mass is 16.6. The van der Waals surface area contributed by atoms with Crippen molar-refractivity contribution in [2.45, 2.75) is 32.2 Å². The van der Waals surface area contributed by atoms with Crippen LogP contribution in [0.4, 0.5) is 5.69 Å². The van der Waals surface area contributed by atoms with E-state index in [1.807, 2.05) is 6.92 Å². The molecule has 1 amide bonds. The van der Waals surface area contributed by atoms with Crippen molar-refractivity contribution in [3.05, 3.63) is 27.8 Å². The summed E-state index contributed by atoms with van der Waals surface area (Å²) in [5, 5.41) is 11.2. The lowest BCUT2D eigenvalue weighted by Gasteiger charge is -2.33. The highest BCUT2D eigenvalue weighted by Gasteiger charge is 2.28. The molecule has 0 aromatic heterocycles. The van der Waals surface area contributed by atoms with E-state index in [2.05, 4.69) is 0 Å². The van der Waals surface area contributed by atoms with Crippen LogP contribution < -0.4 is 9.47 Å². The van der Waals surface area contributed by atoms with Gasteiger partial charge < -0.3 is 19.1 Å². The van der Waals surface area contributed by atoms with Gasteiger partial charge in [0, 0.05) is 18.7 Å². The van der Waals surface area contributed by atoms with Gasteiger partial charge in [-0.3, -0.25) is 14.9 Å². The molecule has 0 N–H and O–H groups in total. The smallest absolute Gasteiger partial charge is 0.345 e. The summed E-state index contributed by atoms with van der Waals surface area (Å²) >= 11 is 0. The number of ether oxygens (including phenoxy) is 3. The Morgan fingerprint density at radius 2 is 1.88 bits per heavy atom. The lowest BCUT2D eigenvalue weighted by Crippen LogP contribution is -2.44. The molecule has 1 aliphatic heterocycles. The van der Waals surface area contributed by atoms with E-state index in [9.17, 15) is 19.7 Å². The second-order valence-electron chi connectivity index (χ2n) is 5.99. The topological polar surface area (TPSA) is 108 Å². The fourth-order valence-electron chi connectivity index (χ4n) is 2.94. The Morgan fingerprint density at radius 1 is 1.23 bits per heavy atom. The fraction of sp³-hybridized carbons (Fsp3) is 0.529. The van der Waals surface area contributed by atoms with Gasteiger partial charge in [0.1, 0.15) is 5.56 Å². The molecule has 26 heavy (non-hydrogen) atoms. The Morgan fingerprint density at radius 3 is 2.46 bits per heavy atom. The average Bonchev–Trinajstić information content (AvgIpc) is 2.64. The van der Waals surface area contributed by atoms with Crippen LogP contribution in [0.15, 0.2) is 12.1 Å². The quantitative estimate of drug-likeness (QED) is 0.431. The standard InChI is InChI=1S/C17H22N2O7/c1-11-6-4-5-7-18(11)16(20)10-26-17(21)12-8-14(24-2)15(25-3)9-13(12)19(22)23/h8-9,11H,4-7,10H2,1-3H3. The molecule has 1 aromatic carbocycles. The van der Waals surface area contributed by atoms with E-state index in [0.717, 1.165) is 25.3 Å². The van der Waals surface area contributed by atoms with E-state index >= 15 is 0 Å². The number of methoxy groups -OCH3 is 2. The number of piperidine rings is 1. The molecule has 1 fully saturated rings. The van der Waals surface area contributed by atoms with Gasteiger partial charge in [0.2, 0.25) is 0 Å². The summed E-state index contributed by atoms with van der Waals surface area (Å²) in [6.45, 7) is 2.10. The van der Waals surface area contributed by atoms with Gasteiger partial charge >= 0.3 is 5.97 Å². The van der Waals surface area contributed by atoms with Crippen LogP contribution in [0.3, 0.4) is 0 Å². The summed E-state index contributed by atoms with van der Waals surface area (Å²) in [5.74, 6) is -1.00. The number of hydrogen-bond donors (Lipinski definition) is 0. The predicted molar refractivity (Wildman–Crippen MR) is 91.5 cm³/mol. The highest BCUT2D eigenvalue weighted by Crippen LogP contribution is 2.34. The first kappa shape index (κ1) is 19.5. The third-order valence-electron chi connectivity index (χ3n) is 4.37. The number of amides is 1. The maximum absolute atomic E-state index is 12.3. The summed E-state index contributed by atoms with van der Waals surface area (Å²) in [4.78, 5) is 36.8. The van der Waals surface area contributed by atoms with Gasteiger partial charge in [0.05, 0.1) is 25.2 Å². The molecular formula is C17H22N2O7. The molecule has 1 unspecified atom stereocenters. The molecule has 1 aromatic rings. The molecule has 142 valence electrons. The van der Waals surface area contributed by atoms with Crippen molar-refractivity contribution in [1.29, 1.82) is 0 Å². The lowest BCUT2D eigenvalue weighted by molar-refractivity contribution is -0.385. The van der Waals surface area contributed by atoms with Crippen molar-refractivity contribution < 1.29 is 28.7 Å². The van der Waals surface area contributed by atoms with E-state index in [1.165, 1.54) is 20.3 Å². The van der Waals surface area contributed by atoms with Gasteiger partial charge in [-0.2, -0.15) is 0 Å². The van der Waals surface area contributed by atoms with Gasteiger partial charge in [-0.15, -0.1) is 0 Å². The predicted octanol–water partition coefficient (Wildman–Crippen LogP) is 2.17. The number of carbonyl (C=O) groups excluding carboxylic acids is 2. The molecule has 0 spiro atoms. The van der Waals surface area contributed by atoms with Crippen molar-refractivity contribution in [2.24, 2.45) is 0 Å². The van der Waals surface area contributed by atoms with Crippen LogP contribution in [0, 0.1) is 10.1 Å². The zero-order valence-electron chi connectivity index (χ0n) is 15.0. The van der Waals surface area contributed by atoms with Gasteiger partial charge in [0.15, 0.2) is 18.1 Å². The average molecular weight is 366 g/mol. The molecule has 1 aliphatic rings. The Labute approximate surface area is 151 Å². The van der Waals surface area contributed by atoms with Crippen LogP contribution in [0.2, 0.25) is 0 Å². The molecule has 1 atom stereocenters. The van der Waals surface area contributed by atoms with Crippen LogP contribution in [-0.2, 0) is 9.53 Å².